The van der Waals surface area contributed by atoms with Gasteiger partial charge in [-0.25, -0.2) is 9.67 Å². The molecule has 2 aliphatic rings. The summed E-state index contributed by atoms with van der Waals surface area (Å²) in [6.45, 7) is 9.31. The summed E-state index contributed by atoms with van der Waals surface area (Å²) < 4.78 is 7.60. The fraction of sp³-hybridized carbons (Fsp3) is 0.857. The number of likely N-dealkylation sites (tertiary alicyclic amines) is 1. The Labute approximate surface area is 114 Å². The number of piperidine rings is 1. The monoisotopic (exact) mass is 264 g/mol. The topological polar surface area (TPSA) is 43.2 Å². The molecule has 3 rings (SSSR count). The molecule has 19 heavy (non-hydrogen) atoms. The molecule has 1 aromatic rings. The lowest BCUT2D eigenvalue weighted by molar-refractivity contribution is 0.0961. The molecule has 0 N–H and O–H groups in total. The van der Waals surface area contributed by atoms with Gasteiger partial charge in [-0.1, -0.05) is 0 Å². The van der Waals surface area contributed by atoms with E-state index in [4.69, 9.17) is 4.74 Å². The van der Waals surface area contributed by atoms with Gasteiger partial charge in [-0.2, -0.15) is 5.10 Å². The maximum Gasteiger partial charge on any atom is 0.147 e. The zero-order valence-corrected chi connectivity index (χ0v) is 12.0. The molecule has 0 saturated carbocycles. The summed E-state index contributed by atoms with van der Waals surface area (Å²) >= 11 is 0. The van der Waals surface area contributed by atoms with Crippen LogP contribution in [0.15, 0.2) is 0 Å². The highest BCUT2D eigenvalue weighted by Gasteiger charge is 2.28. The number of hydrogen-bond acceptors (Lipinski definition) is 4. The standard InChI is InChI=1S/C14H24N4O/c1-11-15-12(2)18(16-11)9-13-4-3-6-17(8-13)14-5-7-19-10-14/h13-14H,3-10H2,1-2H3/t13-,14-/m1/s1. The van der Waals surface area contributed by atoms with Gasteiger partial charge in [-0.15, -0.1) is 0 Å². The lowest BCUT2D eigenvalue weighted by atomic mass is 9.96. The summed E-state index contributed by atoms with van der Waals surface area (Å²) in [6.07, 6.45) is 3.81. The van der Waals surface area contributed by atoms with E-state index in [-0.39, 0.29) is 0 Å². The summed E-state index contributed by atoms with van der Waals surface area (Å²) in [5, 5.41) is 4.49. The summed E-state index contributed by atoms with van der Waals surface area (Å²) in [7, 11) is 0. The molecule has 0 radical (unpaired) electrons. The number of rotatable bonds is 3. The molecule has 0 bridgehead atoms. The van der Waals surface area contributed by atoms with E-state index < -0.39 is 0 Å². The third kappa shape index (κ3) is 2.98. The second-order valence-corrected chi connectivity index (χ2v) is 5.91. The van der Waals surface area contributed by atoms with Crippen molar-refractivity contribution in [2.45, 2.75) is 45.7 Å². The van der Waals surface area contributed by atoms with Crippen LogP contribution in [0.1, 0.15) is 30.9 Å². The molecule has 0 amide bonds. The van der Waals surface area contributed by atoms with Crippen LogP contribution in [0.2, 0.25) is 0 Å². The predicted octanol–water partition coefficient (Wildman–Crippen LogP) is 1.40. The molecule has 0 aromatic carbocycles. The van der Waals surface area contributed by atoms with Gasteiger partial charge in [-0.3, -0.25) is 4.90 Å². The first-order chi connectivity index (χ1) is 9.22. The van der Waals surface area contributed by atoms with Crippen molar-refractivity contribution in [2.24, 2.45) is 5.92 Å². The molecular formula is C14H24N4O. The van der Waals surface area contributed by atoms with Crippen molar-refractivity contribution in [3.05, 3.63) is 11.6 Å². The predicted molar refractivity (Wildman–Crippen MR) is 73.0 cm³/mol. The normalized spacial score (nSPS) is 28.9. The van der Waals surface area contributed by atoms with Crippen LogP contribution < -0.4 is 0 Å². The molecule has 1 aromatic heterocycles. The fourth-order valence-corrected chi connectivity index (χ4v) is 3.37. The van der Waals surface area contributed by atoms with E-state index in [2.05, 4.69) is 19.7 Å². The number of ether oxygens (including phenoxy) is 1. The Morgan fingerprint density at radius 2 is 2.21 bits per heavy atom. The zero-order chi connectivity index (χ0) is 13.2. The van der Waals surface area contributed by atoms with Crippen molar-refractivity contribution >= 4 is 0 Å². The van der Waals surface area contributed by atoms with Crippen molar-refractivity contribution < 1.29 is 4.74 Å². The minimum absolute atomic E-state index is 0.654. The van der Waals surface area contributed by atoms with Crippen molar-refractivity contribution in [2.75, 3.05) is 26.3 Å². The number of hydrogen-bond donors (Lipinski definition) is 0. The lowest BCUT2D eigenvalue weighted by Crippen LogP contribution is -2.44. The van der Waals surface area contributed by atoms with Gasteiger partial charge in [0.05, 0.1) is 6.61 Å². The maximum absolute atomic E-state index is 5.52. The van der Waals surface area contributed by atoms with E-state index in [1.54, 1.807) is 0 Å². The largest absolute Gasteiger partial charge is 0.380 e. The smallest absolute Gasteiger partial charge is 0.147 e. The van der Waals surface area contributed by atoms with Gasteiger partial charge in [0.25, 0.3) is 0 Å². The number of aromatic nitrogens is 3. The van der Waals surface area contributed by atoms with Crippen LogP contribution in [0.25, 0.3) is 0 Å². The first kappa shape index (κ1) is 13.1. The van der Waals surface area contributed by atoms with Crippen LogP contribution in [0.4, 0.5) is 0 Å². The molecule has 106 valence electrons. The van der Waals surface area contributed by atoms with Crippen LogP contribution >= 0.6 is 0 Å². The molecular weight excluding hydrogens is 240 g/mol. The van der Waals surface area contributed by atoms with Gasteiger partial charge >= 0.3 is 0 Å². The van der Waals surface area contributed by atoms with E-state index in [1.165, 1.54) is 32.4 Å². The van der Waals surface area contributed by atoms with Crippen LogP contribution in [0, 0.1) is 19.8 Å². The fourth-order valence-electron chi connectivity index (χ4n) is 3.37. The Morgan fingerprint density at radius 1 is 1.32 bits per heavy atom. The van der Waals surface area contributed by atoms with Crippen LogP contribution in [0.5, 0.6) is 0 Å². The Hall–Kier alpha value is -0.940. The maximum atomic E-state index is 5.52. The molecule has 0 spiro atoms. The van der Waals surface area contributed by atoms with E-state index in [0.29, 0.717) is 12.0 Å². The molecule has 3 heterocycles. The van der Waals surface area contributed by atoms with Gasteiger partial charge in [-0.05, 0) is 45.6 Å². The Bertz CT molecular complexity index is 425. The summed E-state index contributed by atoms with van der Waals surface area (Å²) in [5.41, 5.74) is 0. The van der Waals surface area contributed by atoms with Gasteiger partial charge in [0, 0.05) is 25.7 Å². The van der Waals surface area contributed by atoms with E-state index >= 15 is 0 Å². The average Bonchev–Trinajstić information content (AvgIpc) is 3.01. The highest BCUT2D eigenvalue weighted by Crippen LogP contribution is 2.23. The lowest BCUT2D eigenvalue weighted by Gasteiger charge is -2.36. The molecule has 2 atom stereocenters. The second kappa shape index (κ2) is 5.59. The molecule has 0 aliphatic carbocycles. The Balaban J connectivity index is 1.60. The Kier molecular flexibility index (Phi) is 3.84. The highest BCUT2D eigenvalue weighted by atomic mass is 16.5. The number of nitrogens with zero attached hydrogens (tertiary/aromatic N) is 4. The molecule has 2 aliphatic heterocycles. The van der Waals surface area contributed by atoms with E-state index in [0.717, 1.165) is 31.4 Å². The van der Waals surface area contributed by atoms with Gasteiger partial charge in [0.15, 0.2) is 0 Å². The van der Waals surface area contributed by atoms with Gasteiger partial charge in [0.1, 0.15) is 11.6 Å². The van der Waals surface area contributed by atoms with Crippen LogP contribution in [-0.4, -0.2) is 52.0 Å². The number of aryl methyl sites for hydroxylation is 2. The third-order valence-electron chi connectivity index (χ3n) is 4.37. The first-order valence-electron chi connectivity index (χ1n) is 7.42. The van der Waals surface area contributed by atoms with Crippen molar-refractivity contribution in [3.8, 4) is 0 Å². The first-order valence-corrected chi connectivity index (χ1v) is 7.42. The van der Waals surface area contributed by atoms with Crippen LogP contribution in [-0.2, 0) is 11.3 Å². The van der Waals surface area contributed by atoms with Gasteiger partial charge in [0.2, 0.25) is 0 Å². The average molecular weight is 264 g/mol. The minimum atomic E-state index is 0.654. The van der Waals surface area contributed by atoms with E-state index in [9.17, 15) is 0 Å². The summed E-state index contributed by atoms with van der Waals surface area (Å²) in [5.74, 6) is 2.63. The molecule has 5 nitrogen and oxygen atoms in total. The second-order valence-electron chi connectivity index (χ2n) is 5.91. The highest BCUT2D eigenvalue weighted by molar-refractivity contribution is 4.89. The summed E-state index contributed by atoms with van der Waals surface area (Å²) in [4.78, 5) is 7.02. The van der Waals surface area contributed by atoms with Gasteiger partial charge < -0.3 is 4.74 Å². The third-order valence-corrected chi connectivity index (χ3v) is 4.37. The summed E-state index contributed by atoms with van der Waals surface area (Å²) in [6, 6.07) is 0.654. The zero-order valence-electron chi connectivity index (χ0n) is 12.0. The molecule has 5 heteroatoms. The molecule has 0 unspecified atom stereocenters. The quantitative estimate of drug-likeness (QED) is 0.827. The van der Waals surface area contributed by atoms with Crippen molar-refractivity contribution in [1.29, 1.82) is 0 Å². The minimum Gasteiger partial charge on any atom is -0.380 e. The Morgan fingerprint density at radius 3 is 2.89 bits per heavy atom. The van der Waals surface area contributed by atoms with Crippen molar-refractivity contribution in [1.82, 2.24) is 19.7 Å². The van der Waals surface area contributed by atoms with Crippen LogP contribution in [0.3, 0.4) is 0 Å². The molecule has 2 saturated heterocycles. The molecule has 2 fully saturated rings. The SMILES string of the molecule is Cc1nc(C)n(C[C@@H]2CCCN([C@@H]3CCOC3)C2)n1. The van der Waals surface area contributed by atoms with E-state index in [1.807, 2.05) is 13.8 Å². The van der Waals surface area contributed by atoms with Crippen molar-refractivity contribution in [3.63, 3.8) is 0 Å².